The number of carbonyl (C=O) groups excluding carboxylic acids is 1. The summed E-state index contributed by atoms with van der Waals surface area (Å²) in [7, 11) is 0. The molecule has 0 saturated heterocycles. The molecule has 0 atom stereocenters. The predicted molar refractivity (Wildman–Crippen MR) is 67.9 cm³/mol. The number of benzene rings is 1. The van der Waals surface area contributed by atoms with Gasteiger partial charge in [-0.15, -0.1) is 0 Å². The number of fused-ring (bicyclic) bond motifs is 1. The Morgan fingerprint density at radius 3 is 2.94 bits per heavy atom. The highest BCUT2D eigenvalue weighted by atomic mass is 32.1. The maximum atomic E-state index is 11.2. The summed E-state index contributed by atoms with van der Waals surface area (Å²) >= 11 is 1.52. The van der Waals surface area contributed by atoms with Gasteiger partial charge in [-0.1, -0.05) is 31.3 Å². The maximum Gasteiger partial charge on any atom is 0.225 e. The van der Waals surface area contributed by atoms with Gasteiger partial charge in [0.1, 0.15) is 0 Å². The first-order valence-electron chi connectivity index (χ1n) is 5.42. The fourth-order valence-corrected chi connectivity index (χ4v) is 2.32. The average Bonchev–Trinajstić information content (AvgIpc) is 2.69. The molecule has 2 rings (SSSR count). The smallest absolute Gasteiger partial charge is 0.225 e. The molecule has 1 aromatic carbocycles. The van der Waals surface area contributed by atoms with E-state index in [2.05, 4.69) is 35.4 Å². The first-order chi connectivity index (χ1) is 7.72. The monoisotopic (exact) mass is 234 g/mol. The number of carbonyl (C=O) groups is 1. The van der Waals surface area contributed by atoms with E-state index in [0.717, 1.165) is 16.6 Å². The molecule has 4 heteroatoms. The van der Waals surface area contributed by atoms with Crippen molar-refractivity contribution in [3.8, 4) is 0 Å². The molecular weight excluding hydrogens is 220 g/mol. The van der Waals surface area contributed by atoms with Gasteiger partial charge in [0.25, 0.3) is 0 Å². The van der Waals surface area contributed by atoms with Crippen LogP contribution in [-0.2, 0) is 11.2 Å². The van der Waals surface area contributed by atoms with Crippen LogP contribution in [0.3, 0.4) is 0 Å². The van der Waals surface area contributed by atoms with E-state index in [1.54, 1.807) is 0 Å². The molecule has 2 aromatic rings. The lowest BCUT2D eigenvalue weighted by Gasteiger charge is -1.95. The minimum atomic E-state index is 0.00905. The van der Waals surface area contributed by atoms with Crippen molar-refractivity contribution in [3.63, 3.8) is 0 Å². The summed E-state index contributed by atoms with van der Waals surface area (Å²) in [5, 5.41) is 3.48. The molecule has 1 N–H and O–H groups in total. The van der Waals surface area contributed by atoms with Gasteiger partial charge in [0, 0.05) is 6.42 Å². The van der Waals surface area contributed by atoms with Gasteiger partial charge < -0.3 is 5.32 Å². The zero-order valence-electron chi connectivity index (χ0n) is 9.41. The zero-order chi connectivity index (χ0) is 11.5. The van der Waals surface area contributed by atoms with Crippen LogP contribution in [0.25, 0.3) is 10.2 Å². The van der Waals surface area contributed by atoms with Crippen LogP contribution in [0.5, 0.6) is 0 Å². The number of rotatable bonds is 3. The molecule has 0 aliphatic rings. The van der Waals surface area contributed by atoms with E-state index in [-0.39, 0.29) is 5.91 Å². The summed E-state index contributed by atoms with van der Waals surface area (Å²) in [4.78, 5) is 15.6. The van der Waals surface area contributed by atoms with E-state index in [9.17, 15) is 4.79 Å². The van der Waals surface area contributed by atoms with Crippen molar-refractivity contribution < 1.29 is 4.79 Å². The number of thiazole rings is 1. The van der Waals surface area contributed by atoms with Crippen molar-refractivity contribution in [2.75, 3.05) is 5.32 Å². The highest BCUT2D eigenvalue weighted by Gasteiger charge is 2.06. The summed E-state index contributed by atoms with van der Waals surface area (Å²) < 4.78 is 1.11. The quantitative estimate of drug-likeness (QED) is 0.886. The van der Waals surface area contributed by atoms with E-state index in [1.165, 1.54) is 16.9 Å². The van der Waals surface area contributed by atoms with Gasteiger partial charge in [0.05, 0.1) is 10.2 Å². The second-order valence-electron chi connectivity index (χ2n) is 3.58. The summed E-state index contributed by atoms with van der Waals surface area (Å²) in [6.45, 7) is 3.95. The third kappa shape index (κ3) is 2.22. The molecule has 0 bridgehead atoms. The number of anilines is 1. The summed E-state index contributed by atoms with van der Waals surface area (Å²) in [5.41, 5.74) is 2.24. The molecule has 0 spiro atoms. The third-order valence-corrected chi connectivity index (χ3v) is 3.38. The minimum absolute atomic E-state index is 0.00905. The van der Waals surface area contributed by atoms with Gasteiger partial charge in [0.2, 0.25) is 5.91 Å². The number of hydrogen-bond acceptors (Lipinski definition) is 3. The van der Waals surface area contributed by atoms with Crippen molar-refractivity contribution in [3.05, 3.63) is 23.8 Å². The fraction of sp³-hybridized carbons (Fsp3) is 0.333. The van der Waals surface area contributed by atoms with Crippen LogP contribution >= 0.6 is 11.3 Å². The SMILES string of the molecule is CCC(=O)Nc1nc2cc(CC)ccc2s1. The van der Waals surface area contributed by atoms with Crippen molar-refractivity contribution in [2.45, 2.75) is 26.7 Å². The number of aromatic nitrogens is 1. The van der Waals surface area contributed by atoms with Crippen molar-refractivity contribution in [2.24, 2.45) is 0 Å². The molecule has 0 unspecified atom stereocenters. The Hall–Kier alpha value is -1.42. The zero-order valence-corrected chi connectivity index (χ0v) is 10.2. The molecule has 0 aliphatic heterocycles. The van der Waals surface area contributed by atoms with Gasteiger partial charge >= 0.3 is 0 Å². The van der Waals surface area contributed by atoms with E-state index >= 15 is 0 Å². The molecule has 1 aromatic heterocycles. The van der Waals surface area contributed by atoms with Crippen LogP contribution < -0.4 is 5.32 Å². The highest BCUT2D eigenvalue weighted by molar-refractivity contribution is 7.22. The molecule has 0 radical (unpaired) electrons. The second-order valence-corrected chi connectivity index (χ2v) is 4.61. The Kier molecular flexibility index (Phi) is 3.19. The Morgan fingerprint density at radius 1 is 1.44 bits per heavy atom. The summed E-state index contributed by atoms with van der Waals surface area (Å²) in [6, 6.07) is 6.24. The normalized spacial score (nSPS) is 10.6. The first kappa shape index (κ1) is 11.1. The molecule has 1 heterocycles. The van der Waals surface area contributed by atoms with E-state index in [4.69, 9.17) is 0 Å². The van der Waals surface area contributed by atoms with E-state index in [1.807, 2.05) is 6.92 Å². The molecule has 1 amide bonds. The van der Waals surface area contributed by atoms with Gasteiger partial charge in [-0.3, -0.25) is 4.79 Å². The number of aryl methyl sites for hydroxylation is 1. The number of hydrogen-bond donors (Lipinski definition) is 1. The third-order valence-electron chi connectivity index (χ3n) is 2.43. The summed E-state index contributed by atoms with van der Waals surface area (Å²) in [6.07, 6.45) is 1.49. The standard InChI is InChI=1S/C12H14N2OS/c1-3-8-5-6-10-9(7-8)13-12(16-10)14-11(15)4-2/h5-7H,3-4H2,1-2H3,(H,13,14,15). The van der Waals surface area contributed by atoms with Crippen LogP contribution in [-0.4, -0.2) is 10.9 Å². The van der Waals surface area contributed by atoms with Gasteiger partial charge in [-0.2, -0.15) is 0 Å². The van der Waals surface area contributed by atoms with Crippen LogP contribution in [0.1, 0.15) is 25.8 Å². The van der Waals surface area contributed by atoms with Gasteiger partial charge in [-0.05, 0) is 24.1 Å². The van der Waals surface area contributed by atoms with Crippen LogP contribution in [0.2, 0.25) is 0 Å². The topological polar surface area (TPSA) is 42.0 Å². The molecule has 84 valence electrons. The van der Waals surface area contributed by atoms with Gasteiger partial charge in [-0.25, -0.2) is 4.98 Å². The van der Waals surface area contributed by atoms with E-state index < -0.39 is 0 Å². The van der Waals surface area contributed by atoms with Crippen molar-refractivity contribution in [1.29, 1.82) is 0 Å². The lowest BCUT2D eigenvalue weighted by molar-refractivity contribution is -0.115. The minimum Gasteiger partial charge on any atom is -0.302 e. The average molecular weight is 234 g/mol. The number of nitrogens with one attached hydrogen (secondary N) is 1. The summed E-state index contributed by atoms with van der Waals surface area (Å²) in [5.74, 6) is 0.00905. The predicted octanol–water partition coefficient (Wildman–Crippen LogP) is 3.21. The van der Waals surface area contributed by atoms with Crippen molar-refractivity contribution in [1.82, 2.24) is 4.98 Å². The van der Waals surface area contributed by atoms with Crippen LogP contribution in [0, 0.1) is 0 Å². The molecule has 0 fully saturated rings. The van der Waals surface area contributed by atoms with Crippen molar-refractivity contribution >= 4 is 32.6 Å². The molecule has 0 saturated carbocycles. The lowest BCUT2D eigenvalue weighted by Crippen LogP contribution is -2.08. The van der Waals surface area contributed by atoms with E-state index in [0.29, 0.717) is 11.6 Å². The number of nitrogens with zero attached hydrogens (tertiary/aromatic N) is 1. The Balaban J connectivity index is 2.32. The van der Waals surface area contributed by atoms with Crippen LogP contribution in [0.15, 0.2) is 18.2 Å². The highest BCUT2D eigenvalue weighted by Crippen LogP contribution is 2.26. The molecule has 0 aliphatic carbocycles. The Morgan fingerprint density at radius 2 is 2.25 bits per heavy atom. The molecule has 16 heavy (non-hydrogen) atoms. The molecule has 3 nitrogen and oxygen atoms in total. The first-order valence-corrected chi connectivity index (χ1v) is 6.24. The Labute approximate surface area is 98.5 Å². The second kappa shape index (κ2) is 4.61. The number of amides is 1. The van der Waals surface area contributed by atoms with Crippen LogP contribution in [0.4, 0.5) is 5.13 Å². The maximum absolute atomic E-state index is 11.2. The lowest BCUT2D eigenvalue weighted by atomic mass is 10.2. The Bertz CT molecular complexity index is 519. The molecular formula is C12H14N2OS. The largest absolute Gasteiger partial charge is 0.302 e. The van der Waals surface area contributed by atoms with Gasteiger partial charge in [0.15, 0.2) is 5.13 Å². The fourth-order valence-electron chi connectivity index (χ4n) is 1.45.